The minimum atomic E-state index is 0.174. The number of hydrogen-bond acceptors (Lipinski definition) is 3. The number of nitrogens with two attached hydrogens (primary N) is 1. The smallest absolute Gasteiger partial charge is 0.131 e. The highest BCUT2D eigenvalue weighted by Crippen LogP contribution is 2.22. The van der Waals surface area contributed by atoms with E-state index in [1.165, 1.54) is 18.4 Å². The fourth-order valence-electron chi connectivity index (χ4n) is 2.28. The first kappa shape index (κ1) is 16.0. The molecule has 0 aliphatic heterocycles. The molecule has 0 aliphatic rings. The molecule has 2 atom stereocenters. The van der Waals surface area contributed by atoms with Gasteiger partial charge >= 0.3 is 0 Å². The third-order valence-corrected chi connectivity index (χ3v) is 3.56. The Balaban J connectivity index is 2.99. The van der Waals surface area contributed by atoms with E-state index in [0.717, 1.165) is 25.2 Å². The first-order valence-corrected chi connectivity index (χ1v) is 7.56. The van der Waals surface area contributed by atoms with Gasteiger partial charge in [-0.3, -0.25) is 0 Å². The van der Waals surface area contributed by atoms with Gasteiger partial charge in [0.25, 0.3) is 0 Å². The van der Waals surface area contributed by atoms with Crippen molar-refractivity contribution < 1.29 is 0 Å². The van der Waals surface area contributed by atoms with Crippen molar-refractivity contribution in [2.75, 3.05) is 11.4 Å². The van der Waals surface area contributed by atoms with Crippen molar-refractivity contribution in [1.29, 1.82) is 0 Å². The Kier molecular flexibility index (Phi) is 6.85. The summed E-state index contributed by atoms with van der Waals surface area (Å²) in [6.07, 6.45) is 6.34. The number of pyridine rings is 1. The lowest BCUT2D eigenvalue weighted by molar-refractivity contribution is 0.585. The van der Waals surface area contributed by atoms with Crippen LogP contribution in [0.5, 0.6) is 0 Å². The highest BCUT2D eigenvalue weighted by molar-refractivity contribution is 5.48. The summed E-state index contributed by atoms with van der Waals surface area (Å²) in [7, 11) is 0. The molecular weight excluding hydrogens is 234 g/mol. The van der Waals surface area contributed by atoms with Crippen molar-refractivity contribution in [3.05, 3.63) is 23.9 Å². The second-order valence-electron chi connectivity index (χ2n) is 5.47. The molecule has 0 saturated carbocycles. The third kappa shape index (κ3) is 4.83. The maximum absolute atomic E-state index is 5.96. The molecule has 0 fully saturated rings. The molecule has 19 heavy (non-hydrogen) atoms. The molecule has 1 heterocycles. The summed E-state index contributed by atoms with van der Waals surface area (Å²) in [5.74, 6) is 1.13. The average molecular weight is 263 g/mol. The van der Waals surface area contributed by atoms with Crippen LogP contribution in [0.25, 0.3) is 0 Å². The minimum Gasteiger partial charge on any atom is -0.354 e. The van der Waals surface area contributed by atoms with Gasteiger partial charge in [0.1, 0.15) is 5.82 Å². The van der Waals surface area contributed by atoms with Crippen LogP contribution in [-0.4, -0.2) is 23.6 Å². The Hall–Kier alpha value is -1.09. The van der Waals surface area contributed by atoms with Crippen molar-refractivity contribution in [3.63, 3.8) is 0 Å². The van der Waals surface area contributed by atoms with Gasteiger partial charge in [-0.1, -0.05) is 26.3 Å². The zero-order valence-electron chi connectivity index (χ0n) is 12.9. The zero-order chi connectivity index (χ0) is 14.3. The summed E-state index contributed by atoms with van der Waals surface area (Å²) in [6.45, 7) is 9.87. The van der Waals surface area contributed by atoms with E-state index in [-0.39, 0.29) is 6.04 Å². The highest BCUT2D eigenvalue weighted by Gasteiger charge is 2.17. The highest BCUT2D eigenvalue weighted by atomic mass is 15.2. The monoisotopic (exact) mass is 263 g/mol. The molecular formula is C16H29N3. The Morgan fingerprint density at radius 1 is 1.32 bits per heavy atom. The molecule has 1 aromatic rings. The number of rotatable bonds is 8. The molecule has 108 valence electrons. The third-order valence-electron chi connectivity index (χ3n) is 3.56. The van der Waals surface area contributed by atoms with Crippen molar-refractivity contribution >= 4 is 5.82 Å². The van der Waals surface area contributed by atoms with E-state index in [0.29, 0.717) is 6.04 Å². The Morgan fingerprint density at radius 3 is 2.63 bits per heavy atom. The lowest BCUT2D eigenvalue weighted by atomic mass is 10.1. The van der Waals surface area contributed by atoms with Crippen molar-refractivity contribution in [2.45, 2.75) is 65.5 Å². The van der Waals surface area contributed by atoms with E-state index in [4.69, 9.17) is 5.73 Å². The van der Waals surface area contributed by atoms with Crippen LogP contribution in [0.4, 0.5) is 5.82 Å². The van der Waals surface area contributed by atoms with Crippen LogP contribution in [0.2, 0.25) is 0 Å². The summed E-state index contributed by atoms with van der Waals surface area (Å²) in [6, 6.07) is 4.87. The normalized spacial score (nSPS) is 14.2. The molecule has 0 saturated heterocycles. The fraction of sp³-hybridized carbons (Fsp3) is 0.688. The topological polar surface area (TPSA) is 42.2 Å². The molecule has 0 radical (unpaired) electrons. The molecule has 1 aromatic heterocycles. The molecule has 2 unspecified atom stereocenters. The van der Waals surface area contributed by atoms with Crippen LogP contribution < -0.4 is 10.6 Å². The Labute approximate surface area is 118 Å². The summed E-state index contributed by atoms with van der Waals surface area (Å²) < 4.78 is 0. The number of aromatic nitrogens is 1. The van der Waals surface area contributed by atoms with E-state index >= 15 is 0 Å². The van der Waals surface area contributed by atoms with Crippen LogP contribution in [-0.2, 0) is 6.42 Å². The molecule has 3 heteroatoms. The molecule has 3 nitrogen and oxygen atoms in total. The van der Waals surface area contributed by atoms with Gasteiger partial charge in [-0.2, -0.15) is 0 Å². The minimum absolute atomic E-state index is 0.174. The largest absolute Gasteiger partial charge is 0.354 e. The van der Waals surface area contributed by atoms with E-state index in [9.17, 15) is 0 Å². The van der Waals surface area contributed by atoms with Crippen molar-refractivity contribution in [2.24, 2.45) is 5.73 Å². The first-order valence-electron chi connectivity index (χ1n) is 7.56. The molecule has 0 spiro atoms. The van der Waals surface area contributed by atoms with Gasteiger partial charge in [-0.25, -0.2) is 4.98 Å². The fourth-order valence-corrected chi connectivity index (χ4v) is 2.28. The SMILES string of the molecule is CCCCN(c1ncccc1CC(C)N)C(C)CC. The van der Waals surface area contributed by atoms with Gasteiger partial charge in [0, 0.05) is 24.8 Å². The number of anilines is 1. The predicted octanol–water partition coefficient (Wildman–Crippen LogP) is 3.38. The summed E-state index contributed by atoms with van der Waals surface area (Å²) in [5, 5.41) is 0. The molecule has 1 rings (SSSR count). The number of nitrogens with zero attached hydrogens (tertiary/aromatic N) is 2. The first-order chi connectivity index (χ1) is 9.10. The average Bonchev–Trinajstić information content (AvgIpc) is 2.39. The predicted molar refractivity (Wildman–Crippen MR) is 83.6 cm³/mol. The van der Waals surface area contributed by atoms with Gasteiger partial charge < -0.3 is 10.6 Å². The summed E-state index contributed by atoms with van der Waals surface area (Å²) in [5.41, 5.74) is 7.23. The van der Waals surface area contributed by atoms with E-state index < -0.39 is 0 Å². The molecule has 2 N–H and O–H groups in total. The van der Waals surface area contributed by atoms with Gasteiger partial charge in [0.15, 0.2) is 0 Å². The zero-order valence-corrected chi connectivity index (χ0v) is 12.9. The standard InChI is InChI=1S/C16H29N3/c1-5-7-11-19(14(4)6-2)16-15(12-13(3)17)9-8-10-18-16/h8-10,13-14H,5-7,11-12,17H2,1-4H3. The molecule has 0 amide bonds. The van der Waals surface area contributed by atoms with Crippen LogP contribution >= 0.6 is 0 Å². The maximum Gasteiger partial charge on any atom is 0.131 e. The maximum atomic E-state index is 5.96. The number of hydrogen-bond donors (Lipinski definition) is 1. The van der Waals surface area contributed by atoms with Crippen LogP contribution in [0, 0.1) is 0 Å². The van der Waals surface area contributed by atoms with E-state index in [1.807, 2.05) is 12.3 Å². The summed E-state index contributed by atoms with van der Waals surface area (Å²) in [4.78, 5) is 7.07. The Bertz CT molecular complexity index is 363. The van der Waals surface area contributed by atoms with Gasteiger partial charge in [0.05, 0.1) is 0 Å². The van der Waals surface area contributed by atoms with Crippen LogP contribution in [0.3, 0.4) is 0 Å². The Morgan fingerprint density at radius 2 is 2.05 bits per heavy atom. The van der Waals surface area contributed by atoms with Crippen LogP contribution in [0.1, 0.15) is 52.5 Å². The number of unbranched alkanes of at least 4 members (excludes halogenated alkanes) is 1. The second kappa shape index (κ2) is 8.16. The van der Waals surface area contributed by atoms with Gasteiger partial charge in [-0.15, -0.1) is 0 Å². The van der Waals surface area contributed by atoms with Gasteiger partial charge in [-0.05, 0) is 44.7 Å². The van der Waals surface area contributed by atoms with Gasteiger partial charge in [0.2, 0.25) is 0 Å². The van der Waals surface area contributed by atoms with Crippen LogP contribution in [0.15, 0.2) is 18.3 Å². The van der Waals surface area contributed by atoms with E-state index in [2.05, 4.69) is 43.6 Å². The lowest BCUT2D eigenvalue weighted by Crippen LogP contribution is -2.35. The van der Waals surface area contributed by atoms with E-state index in [1.54, 1.807) is 0 Å². The quantitative estimate of drug-likeness (QED) is 0.782. The second-order valence-corrected chi connectivity index (χ2v) is 5.47. The van der Waals surface area contributed by atoms with Crippen molar-refractivity contribution in [1.82, 2.24) is 4.98 Å². The summed E-state index contributed by atoms with van der Waals surface area (Å²) >= 11 is 0. The molecule has 0 bridgehead atoms. The molecule has 0 aromatic carbocycles. The lowest BCUT2D eigenvalue weighted by Gasteiger charge is -2.31. The molecule has 0 aliphatic carbocycles. The van der Waals surface area contributed by atoms with Crippen molar-refractivity contribution in [3.8, 4) is 0 Å².